The Bertz CT molecular complexity index is 1120. The highest BCUT2D eigenvalue weighted by molar-refractivity contribution is 5.79. The minimum absolute atomic E-state index is 0.0158. The molecule has 1 saturated heterocycles. The molecule has 7 fully saturated rings. The number of fused-ring (bicyclic) bond motifs is 5. The molecule has 10 atom stereocenters. The first kappa shape index (κ1) is 29.2. The summed E-state index contributed by atoms with van der Waals surface area (Å²) in [6.45, 7) is 28.0. The Morgan fingerprint density at radius 3 is 2.00 bits per heavy atom. The lowest BCUT2D eigenvalue weighted by atomic mass is 9.31. The average Bonchev–Trinajstić information content (AvgIpc) is 3.12. The zero-order chi connectivity index (χ0) is 29.8. The topological polar surface area (TPSA) is 35.5 Å². The molecule has 0 aromatic carbocycles. The fourth-order valence-corrected chi connectivity index (χ4v) is 14.2. The maximum Gasteiger partial charge on any atom is 0.310 e. The highest BCUT2D eigenvalue weighted by Gasteiger charge is 2.73. The van der Waals surface area contributed by atoms with Crippen molar-refractivity contribution in [1.82, 2.24) is 0 Å². The van der Waals surface area contributed by atoms with Crippen molar-refractivity contribution >= 4 is 5.97 Å². The summed E-state index contributed by atoms with van der Waals surface area (Å²) in [4.78, 5) is 13.5. The van der Waals surface area contributed by atoms with E-state index in [1.807, 2.05) is 0 Å². The fourth-order valence-electron chi connectivity index (χ4n) is 14.2. The molecular formula is C38H62O3. The molecule has 232 valence electrons. The lowest BCUT2D eigenvalue weighted by Crippen LogP contribution is -2.68. The van der Waals surface area contributed by atoms with Crippen LogP contribution in [0.1, 0.15) is 140 Å². The van der Waals surface area contributed by atoms with E-state index < -0.39 is 0 Å². The third-order valence-electron chi connectivity index (χ3n) is 17.6. The van der Waals surface area contributed by atoms with Crippen LogP contribution >= 0.6 is 0 Å². The van der Waals surface area contributed by atoms with Gasteiger partial charge in [0.05, 0.1) is 18.6 Å². The van der Waals surface area contributed by atoms with Crippen LogP contribution in [-0.2, 0) is 14.3 Å². The lowest BCUT2D eigenvalue weighted by molar-refractivity contribution is -0.254. The number of hydrogen-bond donors (Lipinski definition) is 0. The Balaban J connectivity index is 1.16. The van der Waals surface area contributed by atoms with Gasteiger partial charge in [0, 0.05) is 5.41 Å². The number of carbonyl (C=O) groups excluding carboxylic acids is 1. The summed E-state index contributed by atoms with van der Waals surface area (Å²) in [6.07, 6.45) is 13.7. The molecule has 7 aliphatic rings. The van der Waals surface area contributed by atoms with Gasteiger partial charge in [-0.2, -0.15) is 0 Å². The molecule has 6 saturated carbocycles. The molecule has 6 aliphatic carbocycles. The zero-order valence-electron chi connectivity index (χ0n) is 28.5. The van der Waals surface area contributed by atoms with Crippen LogP contribution in [0.5, 0.6) is 0 Å². The molecule has 0 amide bonds. The van der Waals surface area contributed by atoms with Crippen LogP contribution in [0.25, 0.3) is 0 Å². The first-order chi connectivity index (χ1) is 18.8. The summed E-state index contributed by atoms with van der Waals surface area (Å²) in [5.74, 6) is 3.04. The van der Waals surface area contributed by atoms with Gasteiger partial charge >= 0.3 is 5.97 Å². The molecule has 41 heavy (non-hydrogen) atoms. The van der Waals surface area contributed by atoms with E-state index in [1.54, 1.807) is 0 Å². The van der Waals surface area contributed by atoms with Gasteiger partial charge in [0.1, 0.15) is 6.10 Å². The molecule has 0 aromatic heterocycles. The van der Waals surface area contributed by atoms with Crippen LogP contribution in [-0.4, -0.2) is 24.8 Å². The SMILES string of the molecule is CC1(C)CC[C@]23CC[C@]4(C)[C@H](CC[C@@H]5[C@@]6(C)CC[C@H](OC(=O)C7C(C)(C)C7(C)C)C(C)(C)[C@H]6CC[C@]54C)[C@@H]2[C@H]1OC3. The quantitative estimate of drug-likeness (QED) is 0.312. The molecular weight excluding hydrogens is 504 g/mol. The van der Waals surface area contributed by atoms with Crippen molar-refractivity contribution < 1.29 is 14.3 Å². The Morgan fingerprint density at radius 1 is 0.683 bits per heavy atom. The molecule has 2 bridgehead atoms. The van der Waals surface area contributed by atoms with Crippen molar-refractivity contribution in [3.63, 3.8) is 0 Å². The third-order valence-corrected chi connectivity index (χ3v) is 17.6. The van der Waals surface area contributed by atoms with E-state index >= 15 is 0 Å². The minimum atomic E-state index is 0.0158. The van der Waals surface area contributed by atoms with Crippen LogP contribution in [0.15, 0.2) is 0 Å². The summed E-state index contributed by atoms with van der Waals surface area (Å²) in [5, 5.41) is 0. The monoisotopic (exact) mass is 566 g/mol. The minimum Gasteiger partial charge on any atom is -0.462 e. The molecule has 1 aliphatic heterocycles. The number of esters is 1. The molecule has 7 rings (SSSR count). The molecule has 3 nitrogen and oxygen atoms in total. The molecule has 0 unspecified atom stereocenters. The van der Waals surface area contributed by atoms with E-state index in [1.165, 1.54) is 57.8 Å². The van der Waals surface area contributed by atoms with Crippen molar-refractivity contribution in [2.75, 3.05) is 6.61 Å². The Kier molecular flexibility index (Phi) is 5.81. The van der Waals surface area contributed by atoms with E-state index in [4.69, 9.17) is 9.47 Å². The van der Waals surface area contributed by atoms with Gasteiger partial charge in [-0.3, -0.25) is 4.79 Å². The predicted octanol–water partition coefficient (Wildman–Crippen LogP) is 9.47. The van der Waals surface area contributed by atoms with Crippen molar-refractivity contribution in [2.45, 2.75) is 153 Å². The number of ether oxygens (including phenoxy) is 2. The first-order valence-electron chi connectivity index (χ1n) is 17.6. The lowest BCUT2D eigenvalue weighted by Gasteiger charge is -2.73. The van der Waals surface area contributed by atoms with Crippen molar-refractivity contribution in [3.05, 3.63) is 0 Å². The second kappa shape index (κ2) is 8.17. The number of rotatable bonds is 2. The average molecular weight is 567 g/mol. The summed E-state index contributed by atoms with van der Waals surface area (Å²) in [6, 6.07) is 0. The van der Waals surface area contributed by atoms with Crippen LogP contribution in [0.4, 0.5) is 0 Å². The van der Waals surface area contributed by atoms with Crippen LogP contribution in [0.3, 0.4) is 0 Å². The van der Waals surface area contributed by atoms with Crippen LogP contribution in [0, 0.1) is 72.9 Å². The van der Waals surface area contributed by atoms with Gasteiger partial charge in [0.25, 0.3) is 0 Å². The van der Waals surface area contributed by atoms with Gasteiger partial charge in [-0.25, -0.2) is 0 Å². The van der Waals surface area contributed by atoms with Crippen molar-refractivity contribution in [1.29, 1.82) is 0 Å². The Morgan fingerprint density at radius 2 is 1.34 bits per heavy atom. The normalized spacial score (nSPS) is 53.7. The third kappa shape index (κ3) is 3.35. The largest absolute Gasteiger partial charge is 0.462 e. The van der Waals surface area contributed by atoms with E-state index in [2.05, 4.69) is 76.2 Å². The molecule has 0 radical (unpaired) electrons. The second-order valence-corrected chi connectivity index (χ2v) is 19.9. The van der Waals surface area contributed by atoms with E-state index in [-0.39, 0.29) is 34.2 Å². The Labute approximate surface area is 252 Å². The predicted molar refractivity (Wildman–Crippen MR) is 165 cm³/mol. The van der Waals surface area contributed by atoms with Crippen molar-refractivity contribution in [3.8, 4) is 0 Å². The summed E-state index contributed by atoms with van der Waals surface area (Å²) >= 11 is 0. The maximum atomic E-state index is 13.5. The zero-order valence-corrected chi connectivity index (χ0v) is 28.5. The number of carbonyl (C=O) groups is 1. The highest BCUT2D eigenvalue weighted by atomic mass is 16.5. The molecule has 0 aromatic rings. The highest BCUT2D eigenvalue weighted by Crippen LogP contribution is 2.78. The van der Waals surface area contributed by atoms with Gasteiger partial charge < -0.3 is 9.47 Å². The van der Waals surface area contributed by atoms with Crippen LogP contribution < -0.4 is 0 Å². The standard InChI is InChI=1S/C38H62O3/c1-31(2)18-20-38-21-19-36(10)23(27(38)29(31)40-22-38)12-13-25-35(9)16-15-26(32(3,4)24(35)14-17-37(25,36)11)41-30(39)28-33(5,6)34(28,7)8/h23-29H,12-22H2,1-11H3/t23-,24-,25-,26+,27-,29-,35+,36-,37-,38-/m1/s1. The van der Waals surface area contributed by atoms with Gasteiger partial charge in [0.2, 0.25) is 0 Å². The smallest absolute Gasteiger partial charge is 0.310 e. The van der Waals surface area contributed by atoms with E-state index in [9.17, 15) is 4.79 Å². The summed E-state index contributed by atoms with van der Waals surface area (Å²) in [7, 11) is 0. The summed E-state index contributed by atoms with van der Waals surface area (Å²) in [5.41, 5.74) is 1.96. The molecule has 0 N–H and O–H groups in total. The maximum absolute atomic E-state index is 13.5. The summed E-state index contributed by atoms with van der Waals surface area (Å²) < 4.78 is 13.3. The second-order valence-electron chi connectivity index (χ2n) is 19.9. The van der Waals surface area contributed by atoms with Gasteiger partial charge in [-0.05, 0) is 126 Å². The number of hydrogen-bond acceptors (Lipinski definition) is 3. The van der Waals surface area contributed by atoms with E-state index in [0.29, 0.717) is 39.1 Å². The molecule has 0 spiro atoms. The van der Waals surface area contributed by atoms with Crippen LogP contribution in [0.2, 0.25) is 0 Å². The molecule has 1 heterocycles. The van der Waals surface area contributed by atoms with Gasteiger partial charge in [0.15, 0.2) is 0 Å². The fraction of sp³-hybridized carbons (Fsp3) is 0.974. The first-order valence-corrected chi connectivity index (χ1v) is 17.6. The van der Waals surface area contributed by atoms with Gasteiger partial charge in [-0.15, -0.1) is 0 Å². The van der Waals surface area contributed by atoms with Gasteiger partial charge in [-0.1, -0.05) is 76.2 Å². The van der Waals surface area contributed by atoms with E-state index in [0.717, 1.165) is 30.8 Å². The molecule has 3 heteroatoms. The van der Waals surface area contributed by atoms with Crippen molar-refractivity contribution in [2.24, 2.45) is 72.9 Å². The Hall–Kier alpha value is -0.570.